The Balaban J connectivity index is 1.49. The molecule has 9 nitrogen and oxygen atoms in total. The first kappa shape index (κ1) is 19.5. The molecule has 6 aromatic rings. The molecule has 33 heavy (non-hydrogen) atoms. The van der Waals surface area contributed by atoms with E-state index < -0.39 is 0 Å². The van der Waals surface area contributed by atoms with Crippen molar-refractivity contribution in [2.75, 3.05) is 0 Å². The van der Waals surface area contributed by atoms with Crippen LogP contribution in [-0.2, 0) is 7.05 Å². The number of aromatic nitrogens is 8. The number of imidazole rings is 2. The molecule has 162 valence electrons. The molecular weight excluding hydrogens is 436 g/mol. The normalized spacial score (nSPS) is 11.6. The van der Waals surface area contributed by atoms with E-state index in [1.807, 2.05) is 49.0 Å². The lowest BCUT2D eigenvalue weighted by Gasteiger charge is -2.03. The van der Waals surface area contributed by atoms with Gasteiger partial charge in [0.15, 0.2) is 17.3 Å². The molecule has 2 N–H and O–H groups in total. The van der Waals surface area contributed by atoms with E-state index in [1.54, 1.807) is 19.3 Å². The lowest BCUT2D eigenvalue weighted by molar-refractivity contribution is 0.102. The van der Waals surface area contributed by atoms with Crippen LogP contribution in [0.3, 0.4) is 0 Å². The Morgan fingerprint density at radius 1 is 1.12 bits per heavy atom. The maximum atomic E-state index is 11.7. The Morgan fingerprint density at radius 2 is 2.00 bits per heavy atom. The number of pyridine rings is 2. The van der Waals surface area contributed by atoms with Gasteiger partial charge in [0.1, 0.15) is 11.5 Å². The third kappa shape index (κ3) is 3.06. The van der Waals surface area contributed by atoms with E-state index in [4.69, 9.17) is 4.98 Å². The highest BCUT2D eigenvalue weighted by Crippen LogP contribution is 2.34. The van der Waals surface area contributed by atoms with Crippen molar-refractivity contribution in [1.29, 1.82) is 0 Å². The Morgan fingerprint density at radius 3 is 2.76 bits per heavy atom. The fourth-order valence-electron chi connectivity index (χ4n) is 3.88. The van der Waals surface area contributed by atoms with Crippen molar-refractivity contribution in [1.82, 2.24) is 39.7 Å². The van der Waals surface area contributed by atoms with Gasteiger partial charge in [0.2, 0.25) is 0 Å². The van der Waals surface area contributed by atoms with Crippen LogP contribution >= 0.6 is 11.3 Å². The molecule has 0 aliphatic carbocycles. The first-order valence-corrected chi connectivity index (χ1v) is 11.1. The number of hydrogen-bond acceptors (Lipinski definition) is 7. The Hall–Kier alpha value is -4.18. The number of H-pyrrole nitrogens is 2. The van der Waals surface area contributed by atoms with Gasteiger partial charge in [0.05, 0.1) is 39.7 Å². The number of thiophene rings is 1. The summed E-state index contributed by atoms with van der Waals surface area (Å²) in [5.41, 5.74) is 5.57. The van der Waals surface area contributed by atoms with Gasteiger partial charge in [0, 0.05) is 29.1 Å². The number of nitrogens with zero attached hydrogens (tertiary/aromatic N) is 6. The van der Waals surface area contributed by atoms with Gasteiger partial charge in [-0.15, -0.1) is 11.3 Å². The summed E-state index contributed by atoms with van der Waals surface area (Å²) in [4.78, 5) is 34.9. The highest BCUT2D eigenvalue weighted by Gasteiger charge is 2.18. The van der Waals surface area contributed by atoms with Gasteiger partial charge in [-0.05, 0) is 38.1 Å². The van der Waals surface area contributed by atoms with E-state index in [-0.39, 0.29) is 5.78 Å². The van der Waals surface area contributed by atoms with Crippen molar-refractivity contribution in [3.8, 4) is 33.3 Å². The Labute approximate surface area is 191 Å². The maximum absolute atomic E-state index is 11.7. The van der Waals surface area contributed by atoms with Gasteiger partial charge in [-0.3, -0.25) is 14.9 Å². The number of aryl methyl sites for hydroxylation is 1. The molecule has 6 rings (SSSR count). The van der Waals surface area contributed by atoms with Crippen LogP contribution in [0.1, 0.15) is 22.4 Å². The number of hydrogen-bond donors (Lipinski definition) is 2. The molecule has 0 aliphatic rings. The van der Waals surface area contributed by atoms with Gasteiger partial charge >= 0.3 is 0 Å². The monoisotopic (exact) mass is 454 g/mol. The van der Waals surface area contributed by atoms with Crippen LogP contribution in [0.15, 0.2) is 42.9 Å². The number of aromatic amines is 2. The van der Waals surface area contributed by atoms with Crippen LogP contribution in [-0.4, -0.2) is 45.5 Å². The average Bonchev–Trinajstić information content (AvgIpc) is 3.59. The summed E-state index contributed by atoms with van der Waals surface area (Å²) in [6.45, 7) is 3.53. The number of carbonyl (C=O) groups is 1. The van der Waals surface area contributed by atoms with E-state index in [0.717, 1.165) is 48.9 Å². The fourth-order valence-corrected chi connectivity index (χ4v) is 4.81. The number of carbonyl (C=O) groups excluding carboxylic acids is 1. The predicted octanol–water partition coefficient (Wildman–Crippen LogP) is 4.54. The largest absolute Gasteiger partial charge is 0.335 e. The second-order valence-electron chi connectivity index (χ2n) is 7.80. The molecule has 6 heterocycles. The number of rotatable bonds is 4. The van der Waals surface area contributed by atoms with E-state index >= 15 is 0 Å². The van der Waals surface area contributed by atoms with Gasteiger partial charge in [-0.25, -0.2) is 15.0 Å². The third-order valence-electron chi connectivity index (χ3n) is 5.76. The maximum Gasteiger partial charge on any atom is 0.178 e. The number of nitrogens with one attached hydrogen (secondary N) is 2. The van der Waals surface area contributed by atoms with Crippen molar-refractivity contribution >= 4 is 39.2 Å². The second-order valence-corrected chi connectivity index (χ2v) is 8.88. The van der Waals surface area contributed by atoms with Crippen LogP contribution in [0.5, 0.6) is 0 Å². The van der Waals surface area contributed by atoms with Crippen LogP contribution in [0.25, 0.3) is 55.4 Å². The SMILES string of the molecule is CC(=O)c1ccc(-c2ccnc3nc(-c4n[nH]c5cnc(-c6cnc(C)n6C)cc45)[nH]c23)s1. The molecule has 0 fully saturated rings. The zero-order valence-electron chi connectivity index (χ0n) is 18.0. The zero-order chi connectivity index (χ0) is 22.7. The highest BCUT2D eigenvalue weighted by atomic mass is 32.1. The lowest BCUT2D eigenvalue weighted by Crippen LogP contribution is -1.95. The molecule has 0 atom stereocenters. The first-order chi connectivity index (χ1) is 16.0. The molecule has 0 amide bonds. The summed E-state index contributed by atoms with van der Waals surface area (Å²) in [6, 6.07) is 7.72. The van der Waals surface area contributed by atoms with E-state index in [9.17, 15) is 4.79 Å². The summed E-state index contributed by atoms with van der Waals surface area (Å²) >= 11 is 1.46. The minimum absolute atomic E-state index is 0.0536. The average molecular weight is 455 g/mol. The third-order valence-corrected chi connectivity index (χ3v) is 6.98. The molecule has 0 aliphatic heterocycles. The van der Waals surface area contributed by atoms with Gasteiger partial charge in [0.25, 0.3) is 0 Å². The number of ketones is 1. The molecule has 0 bridgehead atoms. The zero-order valence-corrected chi connectivity index (χ0v) is 18.9. The molecule has 0 aromatic carbocycles. The van der Waals surface area contributed by atoms with Crippen LogP contribution in [0.4, 0.5) is 0 Å². The summed E-state index contributed by atoms with van der Waals surface area (Å²) in [6.07, 6.45) is 5.31. The molecule has 0 saturated carbocycles. The summed E-state index contributed by atoms with van der Waals surface area (Å²) in [7, 11) is 1.97. The van der Waals surface area contributed by atoms with E-state index in [2.05, 4.69) is 30.1 Å². The van der Waals surface area contributed by atoms with Crippen molar-refractivity contribution in [2.24, 2.45) is 7.05 Å². The second kappa shape index (κ2) is 7.17. The van der Waals surface area contributed by atoms with Crippen molar-refractivity contribution < 1.29 is 4.79 Å². The fraction of sp³-hybridized carbons (Fsp3) is 0.130. The molecule has 0 unspecified atom stereocenters. The summed E-state index contributed by atoms with van der Waals surface area (Å²) in [5, 5.41) is 8.44. The van der Waals surface area contributed by atoms with Crippen LogP contribution < -0.4 is 0 Å². The topological polar surface area (TPSA) is 118 Å². The van der Waals surface area contributed by atoms with Gasteiger partial charge in [-0.1, -0.05) is 0 Å². The molecule has 0 radical (unpaired) electrons. The molecule has 6 aromatic heterocycles. The number of fused-ring (bicyclic) bond motifs is 2. The Bertz CT molecular complexity index is 1690. The predicted molar refractivity (Wildman–Crippen MR) is 127 cm³/mol. The lowest BCUT2D eigenvalue weighted by atomic mass is 10.2. The van der Waals surface area contributed by atoms with E-state index in [1.165, 1.54) is 11.3 Å². The Kier molecular flexibility index (Phi) is 4.24. The molecule has 10 heteroatoms. The smallest absolute Gasteiger partial charge is 0.178 e. The van der Waals surface area contributed by atoms with Crippen LogP contribution in [0, 0.1) is 6.92 Å². The van der Waals surface area contributed by atoms with Gasteiger partial charge in [-0.2, -0.15) is 5.10 Å². The molecular formula is C23H18N8OS. The van der Waals surface area contributed by atoms with Crippen molar-refractivity contribution in [2.45, 2.75) is 13.8 Å². The summed E-state index contributed by atoms with van der Waals surface area (Å²) in [5.74, 6) is 1.58. The first-order valence-electron chi connectivity index (χ1n) is 10.3. The van der Waals surface area contributed by atoms with Crippen LogP contribution in [0.2, 0.25) is 0 Å². The van der Waals surface area contributed by atoms with Gasteiger partial charge < -0.3 is 9.55 Å². The number of Topliss-reactive ketones (excluding diaryl/α,β-unsaturated/α-hetero) is 1. The highest BCUT2D eigenvalue weighted by molar-refractivity contribution is 7.17. The molecule has 0 spiro atoms. The minimum Gasteiger partial charge on any atom is -0.335 e. The van der Waals surface area contributed by atoms with E-state index in [0.29, 0.717) is 17.2 Å². The quantitative estimate of drug-likeness (QED) is 0.378. The summed E-state index contributed by atoms with van der Waals surface area (Å²) < 4.78 is 2.00. The van der Waals surface area contributed by atoms with Crippen molar-refractivity contribution in [3.05, 3.63) is 53.6 Å². The van der Waals surface area contributed by atoms with Crippen molar-refractivity contribution in [3.63, 3.8) is 0 Å². The molecule has 0 saturated heterocycles. The standard InChI is InChI=1S/C23H18N8OS/c1-11(32)18-4-5-19(33-18)13-6-7-24-22-20(13)27-23(28-22)21-14-8-15(26-9-16(14)29-30-21)17-10-25-12(2)31(17)3/h4-10H,1-3H3,(H,29,30)(H,24,27,28). The minimum atomic E-state index is 0.0536.